The van der Waals surface area contributed by atoms with Crippen molar-refractivity contribution in [2.75, 3.05) is 20.1 Å². The highest BCUT2D eigenvalue weighted by molar-refractivity contribution is 5.89. The molecular weight excluding hydrogens is 232 g/mol. The van der Waals surface area contributed by atoms with Gasteiger partial charge < -0.3 is 15.2 Å². The van der Waals surface area contributed by atoms with Crippen molar-refractivity contribution in [1.82, 2.24) is 20.8 Å². The first kappa shape index (κ1) is 13.0. The molecule has 6 heteroatoms. The van der Waals surface area contributed by atoms with Gasteiger partial charge >= 0.3 is 0 Å². The van der Waals surface area contributed by atoms with E-state index < -0.39 is 0 Å². The maximum absolute atomic E-state index is 11.3. The number of carbonyl (C=O) groups is 1. The van der Waals surface area contributed by atoms with Gasteiger partial charge in [-0.1, -0.05) is 12.1 Å². The number of nitrogens with one attached hydrogen (secondary N) is 2. The molecule has 0 saturated carbocycles. The standard InChI is InChI=1S/C12H20N4O2/c1-8(9-4-3-5-14-7-9)6-10-15-11(16-18-10)12(17)13-2/h8-9,14H,3-7H2,1-2H3,(H,13,17). The molecule has 100 valence electrons. The van der Waals surface area contributed by atoms with Crippen LogP contribution in [0.15, 0.2) is 4.52 Å². The topological polar surface area (TPSA) is 80.0 Å². The number of aromatic nitrogens is 2. The van der Waals surface area contributed by atoms with Gasteiger partial charge in [0, 0.05) is 13.5 Å². The van der Waals surface area contributed by atoms with Crippen LogP contribution >= 0.6 is 0 Å². The zero-order chi connectivity index (χ0) is 13.0. The van der Waals surface area contributed by atoms with E-state index in [1.807, 2.05) is 0 Å². The normalized spacial score (nSPS) is 21.6. The molecule has 6 nitrogen and oxygen atoms in total. The number of carbonyl (C=O) groups excluding carboxylic acids is 1. The zero-order valence-electron chi connectivity index (χ0n) is 10.9. The lowest BCUT2D eigenvalue weighted by molar-refractivity contribution is 0.0950. The summed E-state index contributed by atoms with van der Waals surface area (Å²) in [5, 5.41) is 9.55. The van der Waals surface area contributed by atoms with Crippen molar-refractivity contribution in [2.45, 2.75) is 26.2 Å². The van der Waals surface area contributed by atoms with Crippen LogP contribution in [0.3, 0.4) is 0 Å². The number of rotatable bonds is 4. The average molecular weight is 252 g/mol. The predicted molar refractivity (Wildman–Crippen MR) is 66.1 cm³/mol. The molecule has 0 spiro atoms. The van der Waals surface area contributed by atoms with E-state index in [0.717, 1.165) is 19.5 Å². The lowest BCUT2D eigenvalue weighted by Crippen LogP contribution is -2.33. The molecule has 1 aromatic rings. The Labute approximate surface area is 107 Å². The summed E-state index contributed by atoms with van der Waals surface area (Å²) in [6, 6.07) is 0. The summed E-state index contributed by atoms with van der Waals surface area (Å²) in [7, 11) is 1.55. The summed E-state index contributed by atoms with van der Waals surface area (Å²) in [6.45, 7) is 4.36. The molecule has 1 saturated heterocycles. The fraction of sp³-hybridized carbons (Fsp3) is 0.750. The fourth-order valence-electron chi connectivity index (χ4n) is 2.35. The summed E-state index contributed by atoms with van der Waals surface area (Å²) >= 11 is 0. The van der Waals surface area contributed by atoms with Gasteiger partial charge in [-0.15, -0.1) is 0 Å². The van der Waals surface area contributed by atoms with Crippen LogP contribution in [0.5, 0.6) is 0 Å². The first-order valence-electron chi connectivity index (χ1n) is 6.46. The van der Waals surface area contributed by atoms with Crippen LogP contribution in [0.1, 0.15) is 36.3 Å². The highest BCUT2D eigenvalue weighted by Gasteiger charge is 2.22. The minimum Gasteiger partial charge on any atom is -0.352 e. The minimum atomic E-state index is -0.308. The van der Waals surface area contributed by atoms with E-state index in [0.29, 0.717) is 17.7 Å². The van der Waals surface area contributed by atoms with Crippen molar-refractivity contribution in [2.24, 2.45) is 11.8 Å². The quantitative estimate of drug-likeness (QED) is 0.820. The second-order valence-corrected chi connectivity index (χ2v) is 4.88. The van der Waals surface area contributed by atoms with E-state index in [9.17, 15) is 4.79 Å². The maximum Gasteiger partial charge on any atom is 0.292 e. The van der Waals surface area contributed by atoms with Crippen molar-refractivity contribution in [1.29, 1.82) is 0 Å². The SMILES string of the molecule is CNC(=O)c1noc(CC(C)C2CCCNC2)n1. The van der Waals surface area contributed by atoms with Gasteiger partial charge in [-0.25, -0.2) is 0 Å². The number of hydrogen-bond donors (Lipinski definition) is 2. The highest BCUT2D eigenvalue weighted by Crippen LogP contribution is 2.22. The summed E-state index contributed by atoms with van der Waals surface area (Å²) in [6.07, 6.45) is 3.20. The smallest absolute Gasteiger partial charge is 0.292 e. The van der Waals surface area contributed by atoms with Crippen LogP contribution in [0, 0.1) is 11.8 Å². The summed E-state index contributed by atoms with van der Waals surface area (Å²) < 4.78 is 5.11. The van der Waals surface area contributed by atoms with Gasteiger partial charge in [0.2, 0.25) is 5.89 Å². The molecule has 0 radical (unpaired) electrons. The first-order chi connectivity index (χ1) is 8.70. The van der Waals surface area contributed by atoms with Crippen LogP contribution in [0.2, 0.25) is 0 Å². The molecule has 2 N–H and O–H groups in total. The van der Waals surface area contributed by atoms with Gasteiger partial charge in [0.1, 0.15) is 0 Å². The van der Waals surface area contributed by atoms with Gasteiger partial charge in [-0.05, 0) is 37.8 Å². The lowest BCUT2D eigenvalue weighted by atomic mass is 9.85. The molecule has 0 bridgehead atoms. The Hall–Kier alpha value is -1.43. The molecular formula is C12H20N4O2. The maximum atomic E-state index is 11.3. The number of nitrogens with zero attached hydrogens (tertiary/aromatic N) is 2. The monoisotopic (exact) mass is 252 g/mol. The van der Waals surface area contributed by atoms with Crippen molar-refractivity contribution < 1.29 is 9.32 Å². The average Bonchev–Trinajstić information content (AvgIpc) is 2.87. The van der Waals surface area contributed by atoms with Crippen LogP contribution in [0.4, 0.5) is 0 Å². The number of amides is 1. The van der Waals surface area contributed by atoms with Crippen LogP contribution in [0.25, 0.3) is 0 Å². The Morgan fingerprint density at radius 3 is 3.17 bits per heavy atom. The molecule has 2 atom stereocenters. The van der Waals surface area contributed by atoms with Gasteiger partial charge in [0.25, 0.3) is 11.7 Å². The molecule has 2 rings (SSSR count). The Morgan fingerprint density at radius 2 is 2.50 bits per heavy atom. The van der Waals surface area contributed by atoms with E-state index in [2.05, 4.69) is 27.7 Å². The number of piperidine rings is 1. The largest absolute Gasteiger partial charge is 0.352 e. The second kappa shape index (κ2) is 5.95. The molecule has 18 heavy (non-hydrogen) atoms. The molecule has 2 unspecified atom stereocenters. The van der Waals surface area contributed by atoms with Gasteiger partial charge in [0.15, 0.2) is 0 Å². The van der Waals surface area contributed by atoms with Crippen molar-refractivity contribution in [3.63, 3.8) is 0 Å². The Kier molecular flexibility index (Phi) is 4.30. The first-order valence-corrected chi connectivity index (χ1v) is 6.46. The predicted octanol–water partition coefficient (Wildman–Crippen LogP) is 0.607. The molecule has 1 amide bonds. The zero-order valence-corrected chi connectivity index (χ0v) is 10.9. The highest BCUT2D eigenvalue weighted by atomic mass is 16.5. The summed E-state index contributed by atoms with van der Waals surface area (Å²) in [5.41, 5.74) is 0. The molecule has 0 aromatic carbocycles. The van der Waals surface area contributed by atoms with Crippen LogP contribution in [-0.2, 0) is 6.42 Å². The molecule has 1 aliphatic rings. The van der Waals surface area contributed by atoms with Crippen molar-refractivity contribution >= 4 is 5.91 Å². The fourth-order valence-corrected chi connectivity index (χ4v) is 2.35. The molecule has 0 aliphatic carbocycles. The van der Waals surface area contributed by atoms with Crippen LogP contribution in [-0.4, -0.2) is 36.2 Å². The Bertz CT molecular complexity index is 399. The third kappa shape index (κ3) is 3.07. The van der Waals surface area contributed by atoms with Crippen molar-refractivity contribution in [3.8, 4) is 0 Å². The van der Waals surface area contributed by atoms with E-state index in [4.69, 9.17) is 4.52 Å². The lowest BCUT2D eigenvalue weighted by Gasteiger charge is -2.27. The Balaban J connectivity index is 1.92. The molecule has 2 heterocycles. The van der Waals surface area contributed by atoms with Crippen LogP contribution < -0.4 is 10.6 Å². The molecule has 1 fully saturated rings. The van der Waals surface area contributed by atoms with E-state index >= 15 is 0 Å². The number of hydrogen-bond acceptors (Lipinski definition) is 5. The van der Waals surface area contributed by atoms with E-state index in [1.54, 1.807) is 7.05 Å². The minimum absolute atomic E-state index is 0.112. The summed E-state index contributed by atoms with van der Waals surface area (Å²) in [5.74, 6) is 1.48. The van der Waals surface area contributed by atoms with Gasteiger partial charge in [-0.3, -0.25) is 4.79 Å². The van der Waals surface area contributed by atoms with E-state index in [1.165, 1.54) is 12.8 Å². The summed E-state index contributed by atoms with van der Waals surface area (Å²) in [4.78, 5) is 15.4. The van der Waals surface area contributed by atoms with Gasteiger partial charge in [0.05, 0.1) is 0 Å². The Morgan fingerprint density at radius 1 is 1.67 bits per heavy atom. The third-order valence-corrected chi connectivity index (χ3v) is 3.53. The third-order valence-electron chi connectivity index (χ3n) is 3.53. The van der Waals surface area contributed by atoms with Crippen molar-refractivity contribution in [3.05, 3.63) is 11.7 Å². The van der Waals surface area contributed by atoms with Gasteiger partial charge in [-0.2, -0.15) is 4.98 Å². The molecule has 1 aromatic heterocycles. The second-order valence-electron chi connectivity index (χ2n) is 4.88. The molecule has 1 aliphatic heterocycles. The van der Waals surface area contributed by atoms with E-state index in [-0.39, 0.29) is 11.7 Å².